The minimum atomic E-state index is 0.590. The number of halogens is 1. The van der Waals surface area contributed by atoms with E-state index in [-0.39, 0.29) is 0 Å². The Balaban J connectivity index is 1.93. The first-order valence-corrected chi connectivity index (χ1v) is 7.48. The Labute approximate surface area is 126 Å². The lowest BCUT2D eigenvalue weighted by Crippen LogP contribution is -2.08. The van der Waals surface area contributed by atoms with Crippen LogP contribution >= 0.6 is 15.9 Å². The third kappa shape index (κ3) is 3.19. The lowest BCUT2D eigenvalue weighted by molar-refractivity contribution is 0.793. The Hall–Kier alpha value is -1.82. The highest BCUT2D eigenvalue weighted by molar-refractivity contribution is 9.10. The fraction of sp³-hybridized carbons (Fsp3) is 0.286. The van der Waals surface area contributed by atoms with Crippen molar-refractivity contribution < 1.29 is 0 Å². The molecule has 6 heteroatoms. The van der Waals surface area contributed by atoms with Gasteiger partial charge in [-0.15, -0.1) is 0 Å². The van der Waals surface area contributed by atoms with Crippen LogP contribution in [0.1, 0.15) is 12.8 Å². The number of rotatable bonds is 0. The average Bonchev–Trinajstić information content (AvgIpc) is 2.46. The maximum Gasteiger partial charge on any atom is 0.229 e. The van der Waals surface area contributed by atoms with Gasteiger partial charge in [-0.05, 0) is 47.0 Å². The van der Waals surface area contributed by atoms with Crippen molar-refractivity contribution in [3.05, 3.63) is 34.9 Å². The SMILES string of the molecule is Brc1cnc2nc1NCCCCNc1cccc(c1)N2. The Morgan fingerprint density at radius 2 is 1.85 bits per heavy atom. The van der Waals surface area contributed by atoms with E-state index in [2.05, 4.69) is 54.0 Å². The first kappa shape index (κ1) is 13.2. The highest BCUT2D eigenvalue weighted by Crippen LogP contribution is 2.23. The molecule has 2 aromatic rings. The molecule has 1 aromatic heterocycles. The Morgan fingerprint density at radius 1 is 1.05 bits per heavy atom. The van der Waals surface area contributed by atoms with Crippen molar-refractivity contribution in [2.45, 2.75) is 12.8 Å². The molecule has 0 unspecified atom stereocenters. The summed E-state index contributed by atoms with van der Waals surface area (Å²) in [4.78, 5) is 8.77. The summed E-state index contributed by atoms with van der Waals surface area (Å²) in [6, 6.07) is 8.15. The van der Waals surface area contributed by atoms with Crippen LogP contribution in [0.2, 0.25) is 0 Å². The molecule has 104 valence electrons. The molecule has 5 nitrogen and oxygen atoms in total. The molecule has 0 atom stereocenters. The molecule has 2 heterocycles. The quantitative estimate of drug-likeness (QED) is 0.687. The van der Waals surface area contributed by atoms with Gasteiger partial charge < -0.3 is 16.0 Å². The summed E-state index contributed by atoms with van der Waals surface area (Å²) in [5.74, 6) is 1.41. The van der Waals surface area contributed by atoms with E-state index in [4.69, 9.17) is 0 Å². The number of hydrogen-bond acceptors (Lipinski definition) is 5. The van der Waals surface area contributed by atoms with E-state index < -0.39 is 0 Å². The number of anilines is 4. The Kier molecular flexibility index (Phi) is 4.01. The minimum Gasteiger partial charge on any atom is -0.385 e. The molecule has 1 aromatic carbocycles. The second-order valence-electron chi connectivity index (χ2n) is 4.66. The summed E-state index contributed by atoms with van der Waals surface area (Å²) in [5.41, 5.74) is 2.09. The maximum atomic E-state index is 4.49. The highest BCUT2D eigenvalue weighted by atomic mass is 79.9. The van der Waals surface area contributed by atoms with Crippen molar-refractivity contribution in [3.63, 3.8) is 0 Å². The second kappa shape index (κ2) is 6.09. The van der Waals surface area contributed by atoms with E-state index in [0.29, 0.717) is 5.95 Å². The van der Waals surface area contributed by atoms with Crippen molar-refractivity contribution in [2.24, 2.45) is 0 Å². The predicted octanol–water partition coefficient (Wildman–Crippen LogP) is 3.60. The van der Waals surface area contributed by atoms with Crippen LogP contribution in [0.5, 0.6) is 0 Å². The van der Waals surface area contributed by atoms with Crippen LogP contribution in [0, 0.1) is 0 Å². The third-order valence-corrected chi connectivity index (χ3v) is 3.67. The second-order valence-corrected chi connectivity index (χ2v) is 5.51. The van der Waals surface area contributed by atoms with Gasteiger partial charge in [0, 0.05) is 30.7 Å². The molecule has 0 saturated carbocycles. The van der Waals surface area contributed by atoms with Gasteiger partial charge in [0.05, 0.1) is 4.47 Å². The number of nitrogens with one attached hydrogen (secondary N) is 3. The van der Waals surface area contributed by atoms with E-state index in [1.54, 1.807) is 6.20 Å². The van der Waals surface area contributed by atoms with Crippen LogP contribution in [-0.2, 0) is 0 Å². The molecule has 20 heavy (non-hydrogen) atoms. The zero-order valence-corrected chi connectivity index (χ0v) is 12.6. The van der Waals surface area contributed by atoms with E-state index in [1.807, 2.05) is 12.1 Å². The third-order valence-electron chi connectivity index (χ3n) is 3.09. The Bertz CT molecular complexity index is 602. The molecule has 3 N–H and O–H groups in total. The van der Waals surface area contributed by atoms with E-state index in [9.17, 15) is 0 Å². The van der Waals surface area contributed by atoms with Crippen molar-refractivity contribution >= 4 is 39.1 Å². The molecular formula is C14H16BrN5. The first-order valence-electron chi connectivity index (χ1n) is 6.69. The molecule has 1 aliphatic heterocycles. The summed E-state index contributed by atoms with van der Waals surface area (Å²) in [5, 5.41) is 9.98. The fourth-order valence-electron chi connectivity index (χ4n) is 2.08. The van der Waals surface area contributed by atoms with E-state index in [0.717, 1.165) is 47.6 Å². The smallest absolute Gasteiger partial charge is 0.229 e. The normalized spacial score (nSPS) is 14.7. The number of benzene rings is 1. The van der Waals surface area contributed by atoms with Gasteiger partial charge in [-0.1, -0.05) is 6.07 Å². The molecule has 0 fully saturated rings. The van der Waals surface area contributed by atoms with Crippen LogP contribution in [0.15, 0.2) is 34.9 Å². The van der Waals surface area contributed by atoms with Gasteiger partial charge in [0.1, 0.15) is 5.82 Å². The molecule has 0 aliphatic carbocycles. The van der Waals surface area contributed by atoms with Gasteiger partial charge in [-0.2, -0.15) is 4.98 Å². The summed E-state index contributed by atoms with van der Waals surface area (Å²) in [6.45, 7) is 1.86. The molecule has 0 amide bonds. The topological polar surface area (TPSA) is 61.9 Å². The number of aromatic nitrogens is 2. The molecule has 0 saturated heterocycles. The van der Waals surface area contributed by atoms with Crippen LogP contribution < -0.4 is 16.0 Å². The zero-order chi connectivity index (χ0) is 13.8. The summed E-state index contributed by atoms with van der Waals surface area (Å²) >= 11 is 3.47. The maximum absolute atomic E-state index is 4.49. The lowest BCUT2D eigenvalue weighted by atomic mass is 10.2. The van der Waals surface area contributed by atoms with Crippen LogP contribution in [0.25, 0.3) is 0 Å². The fourth-order valence-corrected chi connectivity index (χ4v) is 2.41. The lowest BCUT2D eigenvalue weighted by Gasteiger charge is -2.09. The van der Waals surface area contributed by atoms with Crippen molar-refractivity contribution in [1.29, 1.82) is 0 Å². The summed E-state index contributed by atoms with van der Waals surface area (Å²) < 4.78 is 0.879. The van der Waals surface area contributed by atoms with Gasteiger partial charge in [0.2, 0.25) is 5.95 Å². The van der Waals surface area contributed by atoms with Crippen LogP contribution in [0.3, 0.4) is 0 Å². The minimum absolute atomic E-state index is 0.590. The van der Waals surface area contributed by atoms with Crippen molar-refractivity contribution in [2.75, 3.05) is 29.0 Å². The number of hydrogen-bond donors (Lipinski definition) is 3. The predicted molar refractivity (Wildman–Crippen MR) is 85.7 cm³/mol. The summed E-state index contributed by atoms with van der Waals surface area (Å²) in [6.07, 6.45) is 3.96. The number of fused-ring (bicyclic) bond motifs is 4. The van der Waals surface area contributed by atoms with Gasteiger partial charge in [0.25, 0.3) is 0 Å². The average molecular weight is 334 g/mol. The van der Waals surface area contributed by atoms with Crippen LogP contribution in [-0.4, -0.2) is 23.1 Å². The van der Waals surface area contributed by atoms with Gasteiger partial charge in [-0.25, -0.2) is 4.98 Å². The largest absolute Gasteiger partial charge is 0.385 e. The van der Waals surface area contributed by atoms with Crippen LogP contribution in [0.4, 0.5) is 23.1 Å². The van der Waals surface area contributed by atoms with Crippen molar-refractivity contribution in [3.8, 4) is 0 Å². The number of nitrogens with zero attached hydrogens (tertiary/aromatic N) is 2. The van der Waals surface area contributed by atoms with Crippen molar-refractivity contribution in [1.82, 2.24) is 9.97 Å². The molecule has 0 radical (unpaired) electrons. The first-order chi connectivity index (χ1) is 9.81. The summed E-state index contributed by atoms with van der Waals surface area (Å²) in [7, 11) is 0. The molecule has 3 rings (SSSR count). The molecule has 4 bridgehead atoms. The molecule has 0 spiro atoms. The standard InChI is InChI=1S/C14H16BrN5/c15-12-9-18-14-19-11-5-3-4-10(8-11)16-6-1-2-7-17-13(12)20-14/h3-5,8-9,16H,1-2,6-7H2,(H2,17,18,19,20). The van der Waals surface area contributed by atoms with Gasteiger partial charge in [0.15, 0.2) is 0 Å². The molecular weight excluding hydrogens is 318 g/mol. The van der Waals surface area contributed by atoms with Gasteiger partial charge in [-0.3, -0.25) is 0 Å². The van der Waals surface area contributed by atoms with E-state index >= 15 is 0 Å². The molecule has 1 aliphatic rings. The monoisotopic (exact) mass is 333 g/mol. The van der Waals surface area contributed by atoms with Gasteiger partial charge >= 0.3 is 0 Å². The Morgan fingerprint density at radius 3 is 2.75 bits per heavy atom. The zero-order valence-electron chi connectivity index (χ0n) is 11.0. The van der Waals surface area contributed by atoms with E-state index in [1.165, 1.54) is 0 Å². The highest BCUT2D eigenvalue weighted by Gasteiger charge is 2.06.